The lowest BCUT2D eigenvalue weighted by Crippen LogP contribution is -2.63. The summed E-state index contributed by atoms with van der Waals surface area (Å²) in [6.07, 6.45) is -7.01. The van der Waals surface area contributed by atoms with Crippen molar-refractivity contribution in [2.45, 2.75) is 23.6 Å². The molecule has 29 heavy (non-hydrogen) atoms. The third kappa shape index (κ3) is 1.99. The number of methoxy groups -OCH3 is 1. The van der Waals surface area contributed by atoms with Gasteiger partial charge < -0.3 is 4.74 Å². The molecule has 2 unspecified atom stereocenters. The highest BCUT2D eigenvalue weighted by molar-refractivity contribution is 6.08. The number of carbonyl (C=O) groups is 2. The minimum atomic E-state index is -4.74. The van der Waals surface area contributed by atoms with Gasteiger partial charge in [0.1, 0.15) is 0 Å². The van der Waals surface area contributed by atoms with Crippen LogP contribution in [-0.4, -0.2) is 43.2 Å². The first kappa shape index (κ1) is 18.4. The maximum atomic E-state index is 14.4. The van der Waals surface area contributed by atoms with Gasteiger partial charge in [-0.3, -0.25) is 14.5 Å². The smallest absolute Gasteiger partial charge is 0.371 e. The van der Waals surface area contributed by atoms with Crippen molar-refractivity contribution in [2.75, 3.05) is 14.2 Å². The maximum absolute atomic E-state index is 14.4. The average Bonchev–Trinajstić information content (AvgIpc) is 2.93. The number of likely N-dealkylation sites (tertiary alicyclic amines) is 1. The predicted octanol–water partition coefficient (Wildman–Crippen LogP) is 3.24. The van der Waals surface area contributed by atoms with Crippen LogP contribution in [-0.2, 0) is 19.7 Å². The van der Waals surface area contributed by atoms with Gasteiger partial charge in [-0.1, -0.05) is 48.5 Å². The van der Waals surface area contributed by atoms with E-state index < -0.39 is 47.3 Å². The molecule has 3 atom stereocenters. The quantitative estimate of drug-likeness (QED) is 0.726. The van der Waals surface area contributed by atoms with E-state index in [2.05, 4.69) is 0 Å². The van der Waals surface area contributed by atoms with Gasteiger partial charge >= 0.3 is 6.18 Å². The summed E-state index contributed by atoms with van der Waals surface area (Å²) in [7, 11) is 2.36. The zero-order valence-corrected chi connectivity index (χ0v) is 15.7. The summed E-state index contributed by atoms with van der Waals surface area (Å²) in [5, 5.41) is 0. The Morgan fingerprint density at radius 2 is 1.48 bits per heavy atom. The van der Waals surface area contributed by atoms with Crippen molar-refractivity contribution in [1.29, 1.82) is 0 Å². The largest absolute Gasteiger partial charge is 0.415 e. The molecular formula is C22H18F3NO3. The Kier molecular flexibility index (Phi) is 3.60. The van der Waals surface area contributed by atoms with Gasteiger partial charge in [0.2, 0.25) is 11.8 Å². The number of hydrogen-bond donors (Lipinski definition) is 0. The van der Waals surface area contributed by atoms with Crippen LogP contribution < -0.4 is 0 Å². The maximum Gasteiger partial charge on any atom is 0.415 e. The van der Waals surface area contributed by atoms with Crippen molar-refractivity contribution in [3.8, 4) is 0 Å². The summed E-state index contributed by atoms with van der Waals surface area (Å²) in [6, 6.07) is 13.7. The van der Waals surface area contributed by atoms with Gasteiger partial charge in [0.25, 0.3) is 0 Å². The average molecular weight is 401 g/mol. The third-order valence-electron chi connectivity index (χ3n) is 6.85. The highest BCUT2D eigenvalue weighted by Gasteiger charge is 2.73. The lowest BCUT2D eigenvalue weighted by atomic mass is 9.45. The van der Waals surface area contributed by atoms with Gasteiger partial charge in [-0.05, 0) is 22.3 Å². The zero-order valence-electron chi connectivity index (χ0n) is 15.7. The Morgan fingerprint density at radius 1 is 0.966 bits per heavy atom. The topological polar surface area (TPSA) is 46.6 Å². The molecule has 150 valence electrons. The fourth-order valence-electron chi connectivity index (χ4n) is 6.00. The van der Waals surface area contributed by atoms with Gasteiger partial charge in [-0.15, -0.1) is 0 Å². The molecule has 2 amide bonds. The standard InChI is InChI=1S/C22H18F3NO3/c1-26-18(27)16-15-11-7-3-5-9-13(11)21(17(16)19(26)28,20(29-2)22(23,24)25)14-10-6-4-8-12(14)15/h3-10,15-17,20H,1-2H3/t15?,16?,17?,20-,21?/m1/s1. The number of nitrogens with zero attached hydrogens (tertiary/aromatic N) is 1. The minimum Gasteiger partial charge on any atom is -0.371 e. The molecule has 2 bridgehead atoms. The molecule has 1 aliphatic heterocycles. The lowest BCUT2D eigenvalue weighted by molar-refractivity contribution is -0.238. The van der Waals surface area contributed by atoms with Crippen molar-refractivity contribution < 1.29 is 27.5 Å². The molecule has 0 N–H and O–H groups in total. The van der Waals surface area contributed by atoms with Crippen LogP contribution >= 0.6 is 0 Å². The lowest BCUT2D eigenvalue weighted by Gasteiger charge is -2.56. The SMILES string of the molecule is CO[C@@H](C(F)(F)F)C12c3ccccc3C(c3ccccc31)C1C(=O)N(C)C(=O)C12. The number of rotatable bonds is 2. The normalized spacial score (nSPS) is 30.8. The monoisotopic (exact) mass is 401 g/mol. The van der Waals surface area contributed by atoms with Crippen LogP contribution in [0.25, 0.3) is 0 Å². The minimum absolute atomic E-state index is 0.422. The van der Waals surface area contributed by atoms with Crippen LogP contribution in [0.15, 0.2) is 48.5 Å². The van der Waals surface area contributed by atoms with E-state index in [9.17, 15) is 22.8 Å². The zero-order chi connectivity index (χ0) is 20.7. The van der Waals surface area contributed by atoms with Crippen LogP contribution in [0.1, 0.15) is 28.2 Å². The molecule has 1 fully saturated rings. The fraction of sp³-hybridized carbons (Fsp3) is 0.364. The number of halogens is 3. The Morgan fingerprint density at radius 3 is 1.97 bits per heavy atom. The summed E-state index contributed by atoms with van der Waals surface area (Å²) in [5.74, 6) is -3.52. The van der Waals surface area contributed by atoms with E-state index in [4.69, 9.17) is 4.74 Å². The second kappa shape index (κ2) is 5.69. The third-order valence-corrected chi connectivity index (χ3v) is 6.85. The Hall–Kier alpha value is -2.67. The van der Waals surface area contributed by atoms with E-state index in [-0.39, 0.29) is 0 Å². The summed E-state index contributed by atoms with van der Waals surface area (Å²) < 4.78 is 48.3. The molecule has 1 saturated heterocycles. The van der Waals surface area contributed by atoms with E-state index in [0.29, 0.717) is 22.3 Å². The molecule has 0 aromatic heterocycles. The van der Waals surface area contributed by atoms with E-state index in [0.717, 1.165) is 12.0 Å². The molecule has 2 aromatic carbocycles. The second-order valence-electron chi connectivity index (χ2n) is 7.92. The van der Waals surface area contributed by atoms with Crippen LogP contribution in [0.3, 0.4) is 0 Å². The van der Waals surface area contributed by atoms with E-state index in [1.807, 2.05) is 0 Å². The second-order valence-corrected chi connectivity index (χ2v) is 7.92. The van der Waals surface area contributed by atoms with Crippen molar-refractivity contribution in [3.63, 3.8) is 0 Å². The number of ether oxygens (including phenoxy) is 1. The molecule has 0 spiro atoms. The van der Waals surface area contributed by atoms with Gasteiger partial charge in [-0.25, -0.2) is 0 Å². The molecule has 6 rings (SSSR count). The highest BCUT2D eigenvalue weighted by Crippen LogP contribution is 2.66. The van der Waals surface area contributed by atoms with Crippen molar-refractivity contribution >= 4 is 11.8 Å². The van der Waals surface area contributed by atoms with Crippen molar-refractivity contribution in [1.82, 2.24) is 4.90 Å². The molecule has 0 saturated carbocycles. The summed E-state index contributed by atoms with van der Waals surface area (Å²) in [5.41, 5.74) is 0.346. The van der Waals surface area contributed by atoms with Crippen LogP contribution in [0.5, 0.6) is 0 Å². The van der Waals surface area contributed by atoms with Crippen LogP contribution in [0.2, 0.25) is 0 Å². The first-order valence-corrected chi connectivity index (χ1v) is 9.36. The predicted molar refractivity (Wildman–Crippen MR) is 97.1 cm³/mol. The van der Waals surface area contributed by atoms with Crippen molar-refractivity contribution in [3.05, 3.63) is 70.8 Å². The van der Waals surface area contributed by atoms with Gasteiger partial charge in [0.05, 0.1) is 17.3 Å². The van der Waals surface area contributed by atoms with Crippen LogP contribution in [0, 0.1) is 11.8 Å². The molecular weight excluding hydrogens is 383 g/mol. The van der Waals surface area contributed by atoms with Gasteiger partial charge in [-0.2, -0.15) is 13.2 Å². The molecule has 3 aliphatic carbocycles. The van der Waals surface area contributed by atoms with E-state index in [1.54, 1.807) is 48.5 Å². The van der Waals surface area contributed by atoms with E-state index >= 15 is 0 Å². The molecule has 2 aromatic rings. The summed E-state index contributed by atoms with van der Waals surface area (Å²) >= 11 is 0. The van der Waals surface area contributed by atoms with Gasteiger partial charge in [0.15, 0.2) is 6.10 Å². The Balaban J connectivity index is 1.97. The number of alkyl halides is 3. The number of imide groups is 1. The molecule has 4 aliphatic rings. The highest BCUT2D eigenvalue weighted by atomic mass is 19.4. The van der Waals surface area contributed by atoms with E-state index in [1.165, 1.54) is 7.05 Å². The number of benzene rings is 2. The summed E-state index contributed by atoms with van der Waals surface area (Å²) in [6.45, 7) is 0. The summed E-state index contributed by atoms with van der Waals surface area (Å²) in [4.78, 5) is 27.2. The molecule has 4 nitrogen and oxygen atoms in total. The van der Waals surface area contributed by atoms with Crippen molar-refractivity contribution in [2.24, 2.45) is 11.8 Å². The van der Waals surface area contributed by atoms with Gasteiger partial charge in [0, 0.05) is 20.1 Å². The first-order valence-electron chi connectivity index (χ1n) is 9.36. The molecule has 0 radical (unpaired) electrons. The fourth-order valence-corrected chi connectivity index (χ4v) is 6.00. The number of amides is 2. The first-order chi connectivity index (χ1) is 13.8. The van der Waals surface area contributed by atoms with Crippen LogP contribution in [0.4, 0.5) is 13.2 Å². The Bertz CT molecular complexity index is 1000. The molecule has 7 heteroatoms. The number of carbonyl (C=O) groups excluding carboxylic acids is 2. The molecule has 1 heterocycles. The number of hydrogen-bond acceptors (Lipinski definition) is 3. The Labute approximate surface area is 165 Å².